The molecule has 2 heteroatoms. The number of para-hydroxylation sites is 1. The van der Waals surface area contributed by atoms with E-state index in [2.05, 4.69) is 43.4 Å². The third-order valence-electron chi connectivity index (χ3n) is 3.02. The molecule has 1 N–H and O–H groups in total. The van der Waals surface area contributed by atoms with Gasteiger partial charge >= 0.3 is 0 Å². The van der Waals surface area contributed by atoms with Gasteiger partial charge in [-0.25, -0.2) is 0 Å². The summed E-state index contributed by atoms with van der Waals surface area (Å²) >= 11 is 0. The van der Waals surface area contributed by atoms with E-state index in [1.165, 1.54) is 22.3 Å². The van der Waals surface area contributed by atoms with E-state index in [9.17, 15) is 0 Å². The van der Waals surface area contributed by atoms with E-state index in [0.29, 0.717) is 6.61 Å². The molecule has 0 saturated heterocycles. The Hall–Kier alpha value is -1.80. The van der Waals surface area contributed by atoms with Gasteiger partial charge in [-0.3, -0.25) is 0 Å². The van der Waals surface area contributed by atoms with Gasteiger partial charge < -0.3 is 10.1 Å². The normalized spacial score (nSPS) is 10.5. The van der Waals surface area contributed by atoms with Crippen LogP contribution in [0.25, 0.3) is 0 Å². The topological polar surface area (TPSA) is 21.3 Å². The van der Waals surface area contributed by atoms with Crippen molar-refractivity contribution in [3.63, 3.8) is 0 Å². The summed E-state index contributed by atoms with van der Waals surface area (Å²) in [7, 11) is 1.95. The predicted octanol–water partition coefficient (Wildman–Crippen LogP) is 3.60. The van der Waals surface area contributed by atoms with Gasteiger partial charge in [-0.2, -0.15) is 0 Å². The Kier molecular flexibility index (Phi) is 4.58. The van der Waals surface area contributed by atoms with Crippen molar-refractivity contribution in [2.45, 2.75) is 27.0 Å². The van der Waals surface area contributed by atoms with E-state index < -0.39 is 0 Å². The lowest BCUT2D eigenvalue weighted by molar-refractivity contribution is 0.302. The average Bonchev–Trinajstić information content (AvgIpc) is 2.37. The van der Waals surface area contributed by atoms with Crippen LogP contribution in [-0.2, 0) is 13.2 Å². The molecule has 0 aliphatic heterocycles. The SMILES string of the molecule is CNCc1ccccc1OCc1cc(C)cc(C)c1. The number of nitrogens with one attached hydrogen (secondary N) is 1. The molecule has 0 heterocycles. The van der Waals surface area contributed by atoms with Crippen molar-refractivity contribution in [3.8, 4) is 5.75 Å². The fourth-order valence-corrected chi connectivity index (χ4v) is 2.29. The average molecular weight is 255 g/mol. The van der Waals surface area contributed by atoms with Crippen molar-refractivity contribution >= 4 is 0 Å². The van der Waals surface area contributed by atoms with Gasteiger partial charge in [0.25, 0.3) is 0 Å². The van der Waals surface area contributed by atoms with Crippen molar-refractivity contribution in [2.24, 2.45) is 0 Å². The van der Waals surface area contributed by atoms with Crippen LogP contribution < -0.4 is 10.1 Å². The molecule has 2 aromatic carbocycles. The molecule has 0 atom stereocenters. The minimum absolute atomic E-state index is 0.614. The summed E-state index contributed by atoms with van der Waals surface area (Å²) in [6.45, 7) is 5.67. The van der Waals surface area contributed by atoms with E-state index >= 15 is 0 Å². The maximum Gasteiger partial charge on any atom is 0.124 e. The van der Waals surface area contributed by atoms with E-state index in [1.54, 1.807) is 0 Å². The summed E-state index contributed by atoms with van der Waals surface area (Å²) in [5.74, 6) is 0.955. The van der Waals surface area contributed by atoms with Crippen molar-refractivity contribution in [1.29, 1.82) is 0 Å². The third kappa shape index (κ3) is 3.83. The molecule has 2 aromatic rings. The van der Waals surface area contributed by atoms with Crippen LogP contribution >= 0.6 is 0 Å². The molecule has 0 radical (unpaired) electrons. The summed E-state index contributed by atoms with van der Waals surface area (Å²) in [4.78, 5) is 0. The second-order valence-electron chi connectivity index (χ2n) is 4.92. The Morgan fingerprint density at radius 2 is 1.68 bits per heavy atom. The van der Waals surface area contributed by atoms with Crippen LogP contribution in [-0.4, -0.2) is 7.05 Å². The summed E-state index contributed by atoms with van der Waals surface area (Å²) in [5, 5.41) is 3.16. The van der Waals surface area contributed by atoms with Crippen LogP contribution in [0.4, 0.5) is 0 Å². The molecule has 2 nitrogen and oxygen atoms in total. The second-order valence-corrected chi connectivity index (χ2v) is 4.92. The van der Waals surface area contributed by atoms with Gasteiger partial charge in [0.2, 0.25) is 0 Å². The quantitative estimate of drug-likeness (QED) is 0.881. The van der Waals surface area contributed by atoms with E-state index in [0.717, 1.165) is 12.3 Å². The number of hydrogen-bond acceptors (Lipinski definition) is 2. The third-order valence-corrected chi connectivity index (χ3v) is 3.02. The number of hydrogen-bond donors (Lipinski definition) is 1. The molecular weight excluding hydrogens is 234 g/mol. The van der Waals surface area contributed by atoms with Crippen molar-refractivity contribution in [3.05, 3.63) is 64.7 Å². The number of ether oxygens (including phenoxy) is 1. The van der Waals surface area contributed by atoms with Crippen LogP contribution in [0.15, 0.2) is 42.5 Å². The molecule has 19 heavy (non-hydrogen) atoms. The first-order valence-corrected chi connectivity index (χ1v) is 6.61. The van der Waals surface area contributed by atoms with Gasteiger partial charge in [-0.15, -0.1) is 0 Å². The fourth-order valence-electron chi connectivity index (χ4n) is 2.29. The van der Waals surface area contributed by atoms with Crippen LogP contribution in [0.2, 0.25) is 0 Å². The highest BCUT2D eigenvalue weighted by molar-refractivity contribution is 5.34. The number of benzene rings is 2. The van der Waals surface area contributed by atoms with Gasteiger partial charge in [0, 0.05) is 12.1 Å². The largest absolute Gasteiger partial charge is 0.489 e. The van der Waals surface area contributed by atoms with Crippen LogP contribution in [0.5, 0.6) is 5.75 Å². The summed E-state index contributed by atoms with van der Waals surface area (Å²) < 4.78 is 5.95. The zero-order valence-corrected chi connectivity index (χ0v) is 11.9. The second kappa shape index (κ2) is 6.39. The fraction of sp³-hybridized carbons (Fsp3) is 0.294. The molecule has 0 aliphatic carbocycles. The van der Waals surface area contributed by atoms with Crippen molar-refractivity contribution in [2.75, 3.05) is 7.05 Å². The Bertz CT molecular complexity index is 528. The molecule has 0 spiro atoms. The highest BCUT2D eigenvalue weighted by Gasteiger charge is 2.03. The molecular formula is C17H21NO. The van der Waals surface area contributed by atoms with E-state index in [4.69, 9.17) is 4.74 Å². The van der Waals surface area contributed by atoms with Crippen LogP contribution in [0, 0.1) is 13.8 Å². The first-order chi connectivity index (χ1) is 9.19. The first-order valence-electron chi connectivity index (χ1n) is 6.61. The molecule has 0 aliphatic rings. The molecule has 0 unspecified atom stereocenters. The zero-order chi connectivity index (χ0) is 13.7. The van der Waals surface area contributed by atoms with Gasteiger partial charge in [-0.1, -0.05) is 47.5 Å². The minimum atomic E-state index is 0.614. The van der Waals surface area contributed by atoms with E-state index in [-0.39, 0.29) is 0 Å². The number of aryl methyl sites for hydroxylation is 2. The Labute approximate surface area is 115 Å². The summed E-state index contributed by atoms with van der Waals surface area (Å²) in [5.41, 5.74) is 4.97. The summed E-state index contributed by atoms with van der Waals surface area (Å²) in [6, 6.07) is 14.7. The van der Waals surface area contributed by atoms with Crippen LogP contribution in [0.1, 0.15) is 22.3 Å². The van der Waals surface area contributed by atoms with Crippen molar-refractivity contribution in [1.82, 2.24) is 5.32 Å². The highest BCUT2D eigenvalue weighted by atomic mass is 16.5. The lowest BCUT2D eigenvalue weighted by atomic mass is 10.1. The standard InChI is InChI=1S/C17H21NO/c1-13-8-14(2)10-15(9-13)12-19-17-7-5-4-6-16(17)11-18-3/h4-10,18H,11-12H2,1-3H3. The molecule has 0 fully saturated rings. The lowest BCUT2D eigenvalue weighted by Gasteiger charge is -2.12. The van der Waals surface area contributed by atoms with Gasteiger partial charge in [-0.05, 0) is 32.5 Å². The maximum atomic E-state index is 5.95. The molecule has 100 valence electrons. The Morgan fingerprint density at radius 3 is 2.37 bits per heavy atom. The predicted molar refractivity (Wildman–Crippen MR) is 79.5 cm³/mol. The maximum absolute atomic E-state index is 5.95. The minimum Gasteiger partial charge on any atom is -0.489 e. The Morgan fingerprint density at radius 1 is 1.00 bits per heavy atom. The van der Waals surface area contributed by atoms with E-state index in [1.807, 2.05) is 25.2 Å². The molecule has 0 amide bonds. The zero-order valence-electron chi connectivity index (χ0n) is 11.9. The van der Waals surface area contributed by atoms with Gasteiger partial charge in [0.1, 0.15) is 12.4 Å². The first kappa shape index (κ1) is 13.6. The smallest absolute Gasteiger partial charge is 0.124 e. The van der Waals surface area contributed by atoms with Crippen molar-refractivity contribution < 1.29 is 4.74 Å². The van der Waals surface area contributed by atoms with Crippen LogP contribution in [0.3, 0.4) is 0 Å². The molecule has 2 rings (SSSR count). The number of rotatable bonds is 5. The highest BCUT2D eigenvalue weighted by Crippen LogP contribution is 2.19. The van der Waals surface area contributed by atoms with Gasteiger partial charge in [0.05, 0.1) is 0 Å². The van der Waals surface area contributed by atoms with Gasteiger partial charge in [0.15, 0.2) is 0 Å². The summed E-state index contributed by atoms with van der Waals surface area (Å²) in [6.07, 6.45) is 0. The lowest BCUT2D eigenvalue weighted by Crippen LogP contribution is -2.07. The molecule has 0 saturated carbocycles. The Balaban J connectivity index is 2.09. The molecule has 0 bridgehead atoms. The molecule has 0 aromatic heterocycles. The monoisotopic (exact) mass is 255 g/mol.